The van der Waals surface area contributed by atoms with Gasteiger partial charge in [0.05, 0.1) is 0 Å². The lowest BCUT2D eigenvalue weighted by Crippen LogP contribution is -2.33. The fraction of sp³-hybridized carbons (Fsp3) is 0.368. The smallest absolute Gasteiger partial charge is 0.407 e. The average molecular weight is 328 g/mol. The van der Waals surface area contributed by atoms with E-state index in [4.69, 9.17) is 9.26 Å². The summed E-state index contributed by atoms with van der Waals surface area (Å²) in [6, 6.07) is 11.7. The normalized spacial score (nSPS) is 12.1. The van der Waals surface area contributed by atoms with Gasteiger partial charge in [-0.2, -0.15) is 0 Å². The van der Waals surface area contributed by atoms with Crippen molar-refractivity contribution in [2.45, 2.75) is 39.7 Å². The lowest BCUT2D eigenvalue weighted by atomic mass is 10.1. The summed E-state index contributed by atoms with van der Waals surface area (Å²) in [6.07, 6.45) is 2.38. The summed E-state index contributed by atoms with van der Waals surface area (Å²) >= 11 is 0. The Bertz CT molecular complexity index is 697. The van der Waals surface area contributed by atoms with Crippen LogP contribution in [0.25, 0.3) is 16.8 Å². The second-order valence-electron chi connectivity index (χ2n) is 6.44. The fourth-order valence-corrected chi connectivity index (χ4v) is 2.16. The van der Waals surface area contributed by atoms with E-state index in [0.29, 0.717) is 12.3 Å². The molecule has 1 N–H and O–H groups in total. The summed E-state index contributed by atoms with van der Waals surface area (Å²) in [5.41, 5.74) is 2.11. The molecule has 0 atom stereocenters. The molecule has 1 aromatic carbocycles. The third-order valence-corrected chi connectivity index (χ3v) is 3.17. The standard InChI is InChI=1S/C19H24N2O3/c1-5-9-15(13-20-18(22)23-19(2,3)4)17-12-16(21-24-17)14-10-7-6-8-11-14/h6-12H,5,13H2,1-4H3,(H,20,22)/b15-9+. The van der Waals surface area contributed by atoms with Crippen molar-refractivity contribution in [3.05, 3.63) is 48.2 Å². The first kappa shape index (κ1) is 17.8. The van der Waals surface area contributed by atoms with E-state index in [0.717, 1.165) is 23.3 Å². The van der Waals surface area contributed by atoms with E-state index in [1.807, 2.05) is 70.2 Å². The largest absolute Gasteiger partial charge is 0.444 e. The summed E-state index contributed by atoms with van der Waals surface area (Å²) in [5.74, 6) is 0.645. The Balaban J connectivity index is 2.08. The number of hydrogen-bond donors (Lipinski definition) is 1. The van der Waals surface area contributed by atoms with Crippen molar-refractivity contribution in [1.82, 2.24) is 10.5 Å². The maximum absolute atomic E-state index is 11.8. The maximum Gasteiger partial charge on any atom is 0.407 e. The summed E-state index contributed by atoms with van der Waals surface area (Å²) < 4.78 is 10.7. The van der Waals surface area contributed by atoms with Crippen LogP contribution in [0.5, 0.6) is 0 Å². The minimum absolute atomic E-state index is 0.326. The first-order chi connectivity index (χ1) is 11.4. The minimum Gasteiger partial charge on any atom is -0.444 e. The van der Waals surface area contributed by atoms with Gasteiger partial charge < -0.3 is 14.6 Å². The van der Waals surface area contributed by atoms with Gasteiger partial charge in [0.2, 0.25) is 0 Å². The Labute approximate surface area is 142 Å². The number of amides is 1. The predicted molar refractivity (Wildman–Crippen MR) is 94.4 cm³/mol. The molecule has 2 rings (SSSR count). The predicted octanol–water partition coefficient (Wildman–Crippen LogP) is 4.66. The molecule has 1 amide bonds. The molecule has 0 spiro atoms. The number of alkyl carbamates (subject to hydrolysis) is 1. The zero-order chi connectivity index (χ0) is 17.6. The number of rotatable bonds is 5. The lowest BCUT2D eigenvalue weighted by molar-refractivity contribution is 0.0535. The molecule has 0 aliphatic carbocycles. The zero-order valence-corrected chi connectivity index (χ0v) is 14.6. The molecule has 0 aliphatic heterocycles. The molecular formula is C19H24N2O3. The number of nitrogens with zero attached hydrogens (tertiary/aromatic N) is 1. The molecule has 1 heterocycles. The summed E-state index contributed by atoms with van der Waals surface area (Å²) in [7, 11) is 0. The van der Waals surface area contributed by atoms with Gasteiger partial charge in [-0.3, -0.25) is 0 Å². The fourth-order valence-electron chi connectivity index (χ4n) is 2.16. The van der Waals surface area contributed by atoms with Crippen LogP contribution in [-0.4, -0.2) is 23.4 Å². The van der Waals surface area contributed by atoms with Gasteiger partial charge in [0.25, 0.3) is 0 Å². The number of ether oxygens (including phenoxy) is 1. The second kappa shape index (κ2) is 7.81. The number of aromatic nitrogens is 1. The number of hydrogen-bond acceptors (Lipinski definition) is 4. The zero-order valence-electron chi connectivity index (χ0n) is 14.6. The van der Waals surface area contributed by atoms with Crippen LogP contribution in [0.15, 0.2) is 47.0 Å². The van der Waals surface area contributed by atoms with Crippen molar-refractivity contribution in [2.75, 3.05) is 6.54 Å². The molecule has 24 heavy (non-hydrogen) atoms. The SMILES string of the molecule is CC/C=C(\CNC(=O)OC(C)(C)C)c1cc(-c2ccccc2)no1. The highest BCUT2D eigenvalue weighted by Crippen LogP contribution is 2.23. The van der Waals surface area contributed by atoms with Gasteiger partial charge in [-0.25, -0.2) is 4.79 Å². The van der Waals surface area contributed by atoms with Crippen LogP contribution in [0.1, 0.15) is 39.9 Å². The van der Waals surface area contributed by atoms with Crippen LogP contribution >= 0.6 is 0 Å². The van der Waals surface area contributed by atoms with Crippen molar-refractivity contribution in [1.29, 1.82) is 0 Å². The van der Waals surface area contributed by atoms with Crippen molar-refractivity contribution in [3.8, 4) is 11.3 Å². The van der Waals surface area contributed by atoms with Crippen molar-refractivity contribution in [2.24, 2.45) is 0 Å². The summed E-state index contributed by atoms with van der Waals surface area (Å²) in [5, 5.41) is 6.87. The Hall–Kier alpha value is -2.56. The van der Waals surface area contributed by atoms with E-state index in [1.165, 1.54) is 0 Å². The molecule has 128 valence electrons. The van der Waals surface area contributed by atoms with Crippen LogP contribution in [0.4, 0.5) is 4.79 Å². The summed E-state index contributed by atoms with van der Waals surface area (Å²) in [6.45, 7) is 7.85. The van der Waals surface area contributed by atoms with Gasteiger partial charge in [0, 0.05) is 23.7 Å². The highest BCUT2D eigenvalue weighted by Gasteiger charge is 2.17. The van der Waals surface area contributed by atoms with Gasteiger partial charge in [-0.05, 0) is 27.2 Å². The van der Waals surface area contributed by atoms with Crippen LogP contribution < -0.4 is 5.32 Å². The molecule has 2 aromatic rings. The number of allylic oxidation sites excluding steroid dienone is 1. The Morgan fingerprint density at radius 3 is 2.62 bits per heavy atom. The first-order valence-corrected chi connectivity index (χ1v) is 8.07. The molecule has 5 nitrogen and oxygen atoms in total. The van der Waals surface area contributed by atoms with Gasteiger partial charge in [-0.15, -0.1) is 0 Å². The monoisotopic (exact) mass is 328 g/mol. The van der Waals surface area contributed by atoms with Crippen LogP contribution in [-0.2, 0) is 4.74 Å². The van der Waals surface area contributed by atoms with Crippen molar-refractivity contribution in [3.63, 3.8) is 0 Å². The average Bonchev–Trinajstić information content (AvgIpc) is 3.00. The van der Waals surface area contributed by atoms with E-state index in [2.05, 4.69) is 10.5 Å². The molecular weight excluding hydrogens is 304 g/mol. The van der Waals surface area contributed by atoms with E-state index < -0.39 is 11.7 Å². The van der Waals surface area contributed by atoms with Gasteiger partial charge >= 0.3 is 6.09 Å². The third kappa shape index (κ3) is 5.26. The number of carbonyl (C=O) groups is 1. The molecule has 0 bridgehead atoms. The molecule has 0 saturated heterocycles. The van der Waals surface area contributed by atoms with Gasteiger partial charge in [0.15, 0.2) is 5.76 Å². The van der Waals surface area contributed by atoms with Crippen molar-refractivity contribution >= 4 is 11.7 Å². The second-order valence-corrected chi connectivity index (χ2v) is 6.44. The molecule has 0 fully saturated rings. The third-order valence-electron chi connectivity index (χ3n) is 3.17. The molecule has 0 saturated carbocycles. The first-order valence-electron chi connectivity index (χ1n) is 8.07. The minimum atomic E-state index is -0.522. The lowest BCUT2D eigenvalue weighted by Gasteiger charge is -2.19. The van der Waals surface area contributed by atoms with E-state index in [-0.39, 0.29) is 0 Å². The number of benzene rings is 1. The van der Waals surface area contributed by atoms with E-state index >= 15 is 0 Å². The summed E-state index contributed by atoms with van der Waals surface area (Å²) in [4.78, 5) is 11.8. The van der Waals surface area contributed by atoms with Crippen LogP contribution in [0.3, 0.4) is 0 Å². The van der Waals surface area contributed by atoms with E-state index in [9.17, 15) is 4.79 Å². The highest BCUT2D eigenvalue weighted by molar-refractivity contribution is 5.73. The van der Waals surface area contributed by atoms with Crippen molar-refractivity contribution < 1.29 is 14.1 Å². The number of nitrogens with one attached hydrogen (secondary N) is 1. The topological polar surface area (TPSA) is 64.4 Å². The maximum atomic E-state index is 11.8. The van der Waals surface area contributed by atoms with Crippen LogP contribution in [0, 0.1) is 0 Å². The molecule has 1 aromatic heterocycles. The Morgan fingerprint density at radius 2 is 2.00 bits per heavy atom. The molecule has 0 aliphatic rings. The Morgan fingerprint density at radius 1 is 1.29 bits per heavy atom. The van der Waals surface area contributed by atoms with Gasteiger partial charge in [-0.1, -0.05) is 48.5 Å². The van der Waals surface area contributed by atoms with E-state index in [1.54, 1.807) is 0 Å². The molecule has 0 radical (unpaired) electrons. The molecule has 5 heteroatoms. The quantitative estimate of drug-likeness (QED) is 0.867. The molecule has 0 unspecified atom stereocenters. The van der Waals surface area contributed by atoms with Gasteiger partial charge in [0.1, 0.15) is 11.3 Å². The van der Waals surface area contributed by atoms with Crippen LogP contribution in [0.2, 0.25) is 0 Å². The number of carbonyl (C=O) groups excluding carboxylic acids is 1. The Kier molecular flexibility index (Phi) is 5.79. The highest BCUT2D eigenvalue weighted by atomic mass is 16.6.